The fourth-order valence-electron chi connectivity index (χ4n) is 4.39. The summed E-state index contributed by atoms with van der Waals surface area (Å²) in [5, 5.41) is 2.33. The molecule has 0 aromatic heterocycles. The maximum atomic E-state index is 3.79. The predicted molar refractivity (Wildman–Crippen MR) is 83.0 cm³/mol. The lowest BCUT2D eigenvalue weighted by Crippen LogP contribution is -2.31. The summed E-state index contributed by atoms with van der Waals surface area (Å²) in [6, 6.07) is 0. The molecule has 17 heavy (non-hydrogen) atoms. The molecule has 0 spiro atoms. The van der Waals surface area contributed by atoms with Crippen molar-refractivity contribution in [3.05, 3.63) is 0 Å². The molecule has 2 bridgehead atoms. The molecule has 0 saturated heterocycles. The van der Waals surface area contributed by atoms with Crippen molar-refractivity contribution in [1.29, 1.82) is 0 Å². The van der Waals surface area contributed by atoms with E-state index in [1.165, 1.54) is 32.1 Å². The monoisotopic (exact) mass is 364 g/mol. The Kier molecular flexibility index (Phi) is 5.02. The molecular weight excluding hydrogens is 340 g/mol. The van der Waals surface area contributed by atoms with Gasteiger partial charge in [-0.05, 0) is 61.2 Å². The van der Waals surface area contributed by atoms with Gasteiger partial charge in [-0.15, -0.1) is 0 Å². The van der Waals surface area contributed by atoms with E-state index in [4.69, 9.17) is 0 Å². The number of alkyl halides is 2. The van der Waals surface area contributed by atoms with Gasteiger partial charge in [-0.1, -0.05) is 52.1 Å². The lowest BCUT2D eigenvalue weighted by Gasteiger charge is -2.37. The van der Waals surface area contributed by atoms with Crippen molar-refractivity contribution in [2.24, 2.45) is 29.1 Å². The molecule has 0 aromatic rings. The molecule has 0 N–H and O–H groups in total. The van der Waals surface area contributed by atoms with Gasteiger partial charge in [0.15, 0.2) is 0 Å². The van der Waals surface area contributed by atoms with Gasteiger partial charge in [0.2, 0.25) is 0 Å². The van der Waals surface area contributed by atoms with Crippen LogP contribution in [0.25, 0.3) is 0 Å². The van der Waals surface area contributed by atoms with Crippen LogP contribution in [0.3, 0.4) is 0 Å². The van der Waals surface area contributed by atoms with E-state index in [1.54, 1.807) is 6.42 Å². The number of hydrogen-bond donors (Lipinski definition) is 0. The van der Waals surface area contributed by atoms with Gasteiger partial charge >= 0.3 is 0 Å². The fourth-order valence-corrected chi connectivity index (χ4v) is 6.23. The quantitative estimate of drug-likeness (QED) is 0.534. The molecule has 0 aliphatic heterocycles. The molecule has 2 rings (SSSR count). The number of hydrogen-bond acceptors (Lipinski definition) is 0. The molecule has 2 fully saturated rings. The molecule has 100 valence electrons. The summed E-state index contributed by atoms with van der Waals surface area (Å²) in [4.78, 5) is 0. The van der Waals surface area contributed by atoms with E-state index in [2.05, 4.69) is 45.7 Å². The van der Waals surface area contributed by atoms with Gasteiger partial charge in [0, 0.05) is 10.7 Å². The molecule has 0 radical (unpaired) electrons. The number of rotatable bonds is 6. The third-order valence-corrected chi connectivity index (χ3v) is 7.37. The van der Waals surface area contributed by atoms with E-state index in [0.717, 1.165) is 34.3 Å². The highest BCUT2D eigenvalue weighted by Gasteiger charge is 2.43. The molecule has 0 heterocycles. The van der Waals surface area contributed by atoms with E-state index >= 15 is 0 Å². The topological polar surface area (TPSA) is 0 Å². The Labute approximate surface area is 124 Å². The van der Waals surface area contributed by atoms with Crippen molar-refractivity contribution in [2.75, 3.05) is 10.7 Å². The first-order valence-corrected chi connectivity index (χ1v) is 9.45. The van der Waals surface area contributed by atoms with E-state index in [1.807, 2.05) is 0 Å². The molecule has 2 aliphatic carbocycles. The largest absolute Gasteiger partial charge is 0.0922 e. The molecule has 2 aliphatic rings. The first kappa shape index (κ1) is 14.4. The Balaban J connectivity index is 1.97. The Morgan fingerprint density at radius 2 is 1.82 bits per heavy atom. The SMILES string of the molecule is CC(C)CC(CBr)(CBr)CC1CC2CCC1C2. The van der Waals surface area contributed by atoms with Crippen LogP contribution in [0.1, 0.15) is 52.4 Å². The fraction of sp³-hybridized carbons (Fsp3) is 1.00. The van der Waals surface area contributed by atoms with Gasteiger partial charge in [-0.2, -0.15) is 0 Å². The molecule has 0 aromatic carbocycles. The third kappa shape index (κ3) is 3.29. The van der Waals surface area contributed by atoms with Crippen LogP contribution in [0.2, 0.25) is 0 Å². The molecule has 2 heteroatoms. The Hall–Kier alpha value is 0.960. The normalized spacial score (nSPS) is 32.6. The van der Waals surface area contributed by atoms with Crippen LogP contribution in [-0.4, -0.2) is 10.7 Å². The van der Waals surface area contributed by atoms with Crippen molar-refractivity contribution in [2.45, 2.75) is 52.4 Å². The second kappa shape index (κ2) is 5.94. The summed E-state index contributed by atoms with van der Waals surface area (Å²) in [7, 11) is 0. The van der Waals surface area contributed by atoms with Crippen molar-refractivity contribution in [3.63, 3.8) is 0 Å². The minimum absolute atomic E-state index is 0.503. The van der Waals surface area contributed by atoms with Gasteiger partial charge < -0.3 is 0 Å². The highest BCUT2D eigenvalue weighted by atomic mass is 79.9. The lowest BCUT2D eigenvalue weighted by molar-refractivity contribution is 0.190. The average molecular weight is 366 g/mol. The minimum Gasteiger partial charge on any atom is -0.0922 e. The second-order valence-corrected chi connectivity index (χ2v) is 8.13. The third-order valence-electron chi connectivity index (χ3n) is 4.99. The van der Waals surface area contributed by atoms with Crippen molar-refractivity contribution in [1.82, 2.24) is 0 Å². The Morgan fingerprint density at radius 3 is 2.24 bits per heavy atom. The van der Waals surface area contributed by atoms with Crippen LogP contribution in [0, 0.1) is 29.1 Å². The maximum Gasteiger partial charge on any atom is 0.00961 e. The van der Waals surface area contributed by atoms with Crippen molar-refractivity contribution >= 4 is 31.9 Å². The summed E-state index contributed by atoms with van der Waals surface area (Å²) < 4.78 is 0. The second-order valence-electron chi connectivity index (χ2n) is 7.00. The van der Waals surface area contributed by atoms with Gasteiger partial charge in [-0.3, -0.25) is 0 Å². The molecule has 0 nitrogen and oxygen atoms in total. The summed E-state index contributed by atoms with van der Waals surface area (Å²) in [6.07, 6.45) is 8.94. The number of fused-ring (bicyclic) bond motifs is 2. The van der Waals surface area contributed by atoms with E-state index in [9.17, 15) is 0 Å². The zero-order valence-electron chi connectivity index (χ0n) is 11.2. The van der Waals surface area contributed by atoms with Gasteiger partial charge in [-0.25, -0.2) is 0 Å². The summed E-state index contributed by atoms with van der Waals surface area (Å²) >= 11 is 7.58. The summed E-state index contributed by atoms with van der Waals surface area (Å²) in [6.45, 7) is 4.72. The highest BCUT2D eigenvalue weighted by Crippen LogP contribution is 2.53. The predicted octanol–water partition coefficient (Wildman–Crippen LogP) is 5.64. The van der Waals surface area contributed by atoms with E-state index in [0.29, 0.717) is 5.41 Å². The average Bonchev–Trinajstić information content (AvgIpc) is 2.89. The first-order valence-electron chi connectivity index (χ1n) is 7.20. The van der Waals surface area contributed by atoms with Crippen LogP contribution in [-0.2, 0) is 0 Å². The van der Waals surface area contributed by atoms with Crippen molar-refractivity contribution in [3.8, 4) is 0 Å². The molecule has 2 saturated carbocycles. The van der Waals surface area contributed by atoms with Crippen LogP contribution >= 0.6 is 31.9 Å². The van der Waals surface area contributed by atoms with Gasteiger partial charge in [0.25, 0.3) is 0 Å². The highest BCUT2D eigenvalue weighted by molar-refractivity contribution is 9.09. The van der Waals surface area contributed by atoms with Gasteiger partial charge in [0.05, 0.1) is 0 Å². The molecule has 3 atom stereocenters. The summed E-state index contributed by atoms with van der Waals surface area (Å²) in [5.41, 5.74) is 0.503. The Morgan fingerprint density at radius 1 is 1.12 bits per heavy atom. The molecular formula is C15H26Br2. The zero-order chi connectivity index (χ0) is 12.5. The zero-order valence-corrected chi connectivity index (χ0v) is 14.4. The molecule has 3 unspecified atom stereocenters. The smallest absolute Gasteiger partial charge is 0.00961 e. The van der Waals surface area contributed by atoms with Crippen molar-refractivity contribution < 1.29 is 0 Å². The Bertz CT molecular complexity index is 245. The van der Waals surface area contributed by atoms with Crippen LogP contribution in [0.5, 0.6) is 0 Å². The van der Waals surface area contributed by atoms with Gasteiger partial charge in [0.1, 0.15) is 0 Å². The van der Waals surface area contributed by atoms with Crippen LogP contribution in [0.15, 0.2) is 0 Å². The van der Waals surface area contributed by atoms with E-state index in [-0.39, 0.29) is 0 Å². The van der Waals surface area contributed by atoms with Crippen LogP contribution in [0.4, 0.5) is 0 Å². The van der Waals surface area contributed by atoms with Crippen LogP contribution < -0.4 is 0 Å². The lowest BCUT2D eigenvalue weighted by atomic mass is 9.72. The standard InChI is InChI=1S/C15H26Br2/c1-11(2)7-15(9-16,10-17)8-14-6-12-3-4-13(14)5-12/h11-14H,3-10H2,1-2H3. The maximum absolute atomic E-state index is 3.79. The minimum atomic E-state index is 0.503. The summed E-state index contributed by atoms with van der Waals surface area (Å²) in [5.74, 6) is 4.00. The first-order chi connectivity index (χ1) is 8.08. The number of halogens is 2. The van der Waals surface area contributed by atoms with E-state index < -0.39 is 0 Å². The molecule has 0 amide bonds.